The summed E-state index contributed by atoms with van der Waals surface area (Å²) in [7, 11) is -3.00. The summed E-state index contributed by atoms with van der Waals surface area (Å²) < 4.78 is 21.9. The van der Waals surface area contributed by atoms with E-state index in [0.717, 1.165) is 0 Å². The second-order valence-corrected chi connectivity index (χ2v) is 7.16. The molecule has 0 amide bonds. The molecule has 2 unspecified atom stereocenters. The number of carbonyl (C=O) groups excluding carboxylic acids is 2. The molecule has 0 saturated heterocycles. The largest absolute Gasteiger partial charge is 1.00 e. The van der Waals surface area contributed by atoms with Crippen molar-refractivity contribution in [1.29, 1.82) is 0 Å². The summed E-state index contributed by atoms with van der Waals surface area (Å²) in [4.78, 5) is 35.8. The first kappa shape index (κ1) is 26.6. The third kappa shape index (κ3) is 9.17. The molecule has 0 radical (unpaired) electrons. The van der Waals surface area contributed by atoms with Crippen LogP contribution in [0.4, 0.5) is 0 Å². The number of esters is 1. The predicted octanol–water partition coefficient (Wildman–Crippen LogP) is -6.96. The van der Waals surface area contributed by atoms with Gasteiger partial charge in [0.1, 0.15) is 5.76 Å². The Morgan fingerprint density at radius 3 is 2.50 bits per heavy atom. The normalized spacial score (nSPS) is 14.0. The maximum Gasteiger partial charge on any atom is 1.00 e. The van der Waals surface area contributed by atoms with Crippen molar-refractivity contribution in [2.24, 2.45) is 0 Å². The number of nitrogens with zero attached hydrogens (tertiary/aromatic N) is 1. The number of carbonyl (C=O) groups is 2. The van der Waals surface area contributed by atoms with Gasteiger partial charge in [-0.05, 0) is 26.1 Å². The number of furan rings is 1. The molecule has 0 spiro atoms. The first-order valence-electron chi connectivity index (χ1n) is 6.63. The van der Waals surface area contributed by atoms with Crippen LogP contribution < -0.4 is 69.1 Å². The van der Waals surface area contributed by atoms with Gasteiger partial charge in [0.25, 0.3) is 0 Å². The van der Waals surface area contributed by atoms with Gasteiger partial charge in [-0.2, -0.15) is 0 Å². The number of rotatable bonds is 9. The van der Waals surface area contributed by atoms with E-state index >= 15 is 0 Å². The van der Waals surface area contributed by atoms with Crippen molar-refractivity contribution in [2.45, 2.75) is 19.0 Å². The van der Waals surface area contributed by atoms with Crippen molar-refractivity contribution < 1.29 is 92.4 Å². The van der Waals surface area contributed by atoms with Gasteiger partial charge in [0.15, 0.2) is 0 Å². The van der Waals surface area contributed by atoms with Crippen LogP contribution in [0.25, 0.3) is 0 Å². The van der Waals surface area contributed by atoms with E-state index in [9.17, 15) is 24.2 Å². The third-order valence-corrected chi connectivity index (χ3v) is 5.08. The van der Waals surface area contributed by atoms with E-state index in [1.165, 1.54) is 30.3 Å². The number of hydrogen-bond acceptors (Lipinski definition) is 8. The van der Waals surface area contributed by atoms with Crippen LogP contribution >= 0.6 is 7.37 Å². The number of hydrogen-bond donors (Lipinski definition) is 0. The number of ether oxygens (including phenoxy) is 1. The molecule has 11 heteroatoms. The smallest absolute Gasteiger partial charge is 0.798 e. The SMILES string of the molecule is CCOC(=O)CN(C)CP(=O)([O-])C(Cc1ccco1)C(=O)[O-].[Na+].[Na+]. The third-order valence-electron chi connectivity index (χ3n) is 2.86. The monoisotopic (exact) mass is 377 g/mol. The standard InChI is InChI=1S/C13H20NO7P.2Na/c1-3-20-12(15)8-14(2)9-22(18,19)11(13(16)17)7-10-5-4-6-21-10;;/h4-6,11H,3,7-9H2,1-2H3,(H,16,17)(H,18,19);;/q;2*+1/p-2. The number of carboxylic acid groups (broad SMARTS) is 1. The Balaban J connectivity index is 0. The van der Waals surface area contributed by atoms with Crippen LogP contribution in [0.2, 0.25) is 0 Å². The number of carboxylic acids is 1. The van der Waals surface area contributed by atoms with Gasteiger partial charge in [-0.25, -0.2) is 0 Å². The van der Waals surface area contributed by atoms with Crippen LogP contribution in [0.1, 0.15) is 12.7 Å². The predicted molar refractivity (Wildman–Crippen MR) is 72.9 cm³/mol. The van der Waals surface area contributed by atoms with Gasteiger partial charge in [-0.15, -0.1) is 0 Å². The first-order chi connectivity index (χ1) is 10.3. The number of likely N-dealkylation sites (N-methyl/N-ethyl adjacent to an activating group) is 1. The molecular formula is C13H18NNa2O7P. The van der Waals surface area contributed by atoms with Gasteiger partial charge in [0.2, 0.25) is 0 Å². The zero-order valence-corrected chi connectivity index (χ0v) is 19.3. The molecule has 1 aromatic heterocycles. The molecule has 8 nitrogen and oxygen atoms in total. The van der Waals surface area contributed by atoms with Crippen LogP contribution in [0, 0.1) is 0 Å². The summed E-state index contributed by atoms with van der Waals surface area (Å²) >= 11 is 0. The van der Waals surface area contributed by atoms with Crippen molar-refractivity contribution in [3.63, 3.8) is 0 Å². The molecule has 0 aromatic carbocycles. The van der Waals surface area contributed by atoms with E-state index < -0.39 is 31.3 Å². The van der Waals surface area contributed by atoms with Crippen LogP contribution in [0.3, 0.4) is 0 Å². The Morgan fingerprint density at radius 2 is 2.04 bits per heavy atom. The Hall–Kier alpha value is 0.370. The molecule has 1 rings (SSSR count). The molecule has 0 fully saturated rings. The minimum atomic E-state index is -4.39. The Bertz CT molecular complexity index is 553. The Labute approximate surface area is 184 Å². The summed E-state index contributed by atoms with van der Waals surface area (Å²) in [6.07, 6.45) is 0.429. The molecule has 0 aliphatic carbocycles. The van der Waals surface area contributed by atoms with Crippen LogP contribution in [0.5, 0.6) is 0 Å². The van der Waals surface area contributed by atoms with Gasteiger partial charge in [-0.1, -0.05) is 0 Å². The van der Waals surface area contributed by atoms with Crippen molar-refractivity contribution >= 4 is 19.3 Å². The molecule has 0 N–H and O–H groups in total. The maximum absolute atomic E-state index is 12.2. The van der Waals surface area contributed by atoms with Crippen LogP contribution in [0.15, 0.2) is 22.8 Å². The molecular weight excluding hydrogens is 359 g/mol. The van der Waals surface area contributed by atoms with E-state index in [0.29, 0.717) is 0 Å². The minimum Gasteiger partial charge on any atom is -0.798 e. The summed E-state index contributed by atoms with van der Waals surface area (Å²) in [5, 5.41) is 11.1. The van der Waals surface area contributed by atoms with Crippen molar-refractivity contribution in [2.75, 3.05) is 26.5 Å². The molecule has 2 atom stereocenters. The van der Waals surface area contributed by atoms with Crippen LogP contribution in [-0.4, -0.2) is 49.0 Å². The fraction of sp³-hybridized carbons (Fsp3) is 0.538. The molecule has 0 saturated carbocycles. The summed E-state index contributed by atoms with van der Waals surface area (Å²) in [6, 6.07) is 3.02. The maximum atomic E-state index is 12.2. The topological polar surface area (TPSA) is 123 Å². The van der Waals surface area contributed by atoms with E-state index in [-0.39, 0.29) is 84.4 Å². The van der Waals surface area contributed by atoms with Crippen molar-refractivity contribution in [1.82, 2.24) is 4.90 Å². The first-order valence-corrected chi connectivity index (χ1v) is 8.51. The van der Waals surface area contributed by atoms with Crippen molar-refractivity contribution in [3.8, 4) is 0 Å². The van der Waals surface area contributed by atoms with Crippen molar-refractivity contribution in [3.05, 3.63) is 24.2 Å². The van der Waals surface area contributed by atoms with E-state index in [1.807, 2.05) is 0 Å². The molecule has 1 aromatic rings. The second-order valence-electron chi connectivity index (χ2n) is 4.81. The van der Waals surface area contributed by atoms with E-state index in [4.69, 9.17) is 9.15 Å². The summed E-state index contributed by atoms with van der Waals surface area (Å²) in [6.45, 7) is 1.56. The van der Waals surface area contributed by atoms with Gasteiger partial charge in [0, 0.05) is 25.7 Å². The van der Waals surface area contributed by atoms with Gasteiger partial charge in [0.05, 0.1) is 25.4 Å². The average Bonchev–Trinajstić information content (AvgIpc) is 2.87. The van der Waals surface area contributed by atoms with E-state index in [2.05, 4.69) is 0 Å². The quantitative estimate of drug-likeness (QED) is 0.236. The fourth-order valence-corrected chi connectivity index (χ4v) is 3.66. The summed E-state index contributed by atoms with van der Waals surface area (Å²) in [5.41, 5.74) is -1.72. The Morgan fingerprint density at radius 1 is 1.42 bits per heavy atom. The number of aliphatic carboxylic acids is 1. The summed E-state index contributed by atoms with van der Waals surface area (Å²) in [5.74, 6) is -2.04. The molecule has 124 valence electrons. The molecule has 0 aliphatic rings. The zero-order valence-electron chi connectivity index (χ0n) is 14.4. The zero-order chi connectivity index (χ0) is 16.8. The molecule has 24 heavy (non-hydrogen) atoms. The van der Waals surface area contributed by atoms with Crippen LogP contribution in [-0.2, 0) is 25.3 Å². The van der Waals surface area contributed by atoms with Gasteiger partial charge < -0.3 is 28.5 Å². The van der Waals surface area contributed by atoms with E-state index in [1.54, 1.807) is 6.92 Å². The Kier molecular flexibility index (Phi) is 14.1. The minimum absolute atomic E-state index is 0. The molecule has 0 aliphatic heterocycles. The second kappa shape index (κ2) is 12.7. The molecule has 1 heterocycles. The van der Waals surface area contributed by atoms with Gasteiger partial charge in [-0.3, -0.25) is 9.69 Å². The van der Waals surface area contributed by atoms with Gasteiger partial charge >= 0.3 is 65.1 Å². The fourth-order valence-electron chi connectivity index (χ4n) is 1.91. The average molecular weight is 377 g/mol. The molecule has 0 bridgehead atoms.